The average molecular weight is 351 g/mol. The number of methoxy groups -OCH3 is 1. The molecular weight excluding hydrogens is 330 g/mol. The second-order valence-electron chi connectivity index (χ2n) is 6.02. The topological polar surface area (TPSA) is 84.1 Å². The van der Waals surface area contributed by atoms with Crippen molar-refractivity contribution < 1.29 is 9.53 Å². The number of amides is 1. The molecule has 0 radical (unpaired) electrons. The van der Waals surface area contributed by atoms with Gasteiger partial charge in [0.1, 0.15) is 5.75 Å². The molecule has 2 aromatic carbocycles. The largest absolute Gasteiger partial charge is 0.497 e. The van der Waals surface area contributed by atoms with Crippen LogP contribution in [0.2, 0.25) is 0 Å². The Morgan fingerprint density at radius 2 is 1.85 bits per heavy atom. The molecule has 134 valence electrons. The fraction of sp³-hybridized carbons (Fsp3) is 0.250. The molecule has 0 aliphatic carbocycles. The fourth-order valence-electron chi connectivity index (χ4n) is 2.96. The van der Waals surface area contributed by atoms with Crippen molar-refractivity contribution in [1.82, 2.24) is 15.5 Å². The SMILES string of the molecule is CCC(NC(=O)Cc1n[nH]c(=O)c2ccccc12)c1ccc(OC)cc1. The van der Waals surface area contributed by atoms with E-state index in [1.165, 1.54) is 0 Å². The second kappa shape index (κ2) is 7.82. The highest BCUT2D eigenvalue weighted by molar-refractivity contribution is 5.88. The van der Waals surface area contributed by atoms with Gasteiger partial charge in [-0.3, -0.25) is 9.59 Å². The molecule has 0 spiro atoms. The zero-order valence-electron chi connectivity index (χ0n) is 14.8. The van der Waals surface area contributed by atoms with E-state index in [4.69, 9.17) is 4.74 Å². The summed E-state index contributed by atoms with van der Waals surface area (Å²) in [7, 11) is 1.62. The van der Waals surface area contributed by atoms with Crippen LogP contribution in [0.15, 0.2) is 53.3 Å². The summed E-state index contributed by atoms with van der Waals surface area (Å²) in [6, 6.07) is 14.7. The van der Waals surface area contributed by atoms with Crippen molar-refractivity contribution in [1.29, 1.82) is 0 Å². The number of carbonyl (C=O) groups excluding carboxylic acids is 1. The first-order chi connectivity index (χ1) is 12.6. The Bertz CT molecular complexity index is 964. The Balaban J connectivity index is 1.77. The number of aromatic amines is 1. The minimum absolute atomic E-state index is 0.0950. The number of carbonyl (C=O) groups is 1. The lowest BCUT2D eigenvalue weighted by atomic mass is 10.0. The van der Waals surface area contributed by atoms with Crippen LogP contribution in [-0.4, -0.2) is 23.2 Å². The average Bonchev–Trinajstić information content (AvgIpc) is 2.68. The Morgan fingerprint density at radius 1 is 1.15 bits per heavy atom. The van der Waals surface area contributed by atoms with Gasteiger partial charge in [0.15, 0.2) is 0 Å². The van der Waals surface area contributed by atoms with Crippen molar-refractivity contribution in [2.45, 2.75) is 25.8 Å². The van der Waals surface area contributed by atoms with E-state index in [2.05, 4.69) is 15.5 Å². The number of aromatic nitrogens is 2. The first-order valence-corrected chi connectivity index (χ1v) is 8.52. The highest BCUT2D eigenvalue weighted by Crippen LogP contribution is 2.20. The maximum atomic E-state index is 12.5. The van der Waals surface area contributed by atoms with Gasteiger partial charge in [-0.25, -0.2) is 5.10 Å². The molecular formula is C20H21N3O3. The van der Waals surface area contributed by atoms with E-state index in [-0.39, 0.29) is 23.9 Å². The van der Waals surface area contributed by atoms with E-state index in [0.29, 0.717) is 16.5 Å². The van der Waals surface area contributed by atoms with Crippen LogP contribution in [0.4, 0.5) is 0 Å². The second-order valence-corrected chi connectivity index (χ2v) is 6.02. The van der Waals surface area contributed by atoms with Gasteiger partial charge in [0.2, 0.25) is 5.91 Å². The lowest BCUT2D eigenvalue weighted by Gasteiger charge is -2.18. The standard InChI is InChI=1S/C20H21N3O3/c1-3-17(13-8-10-14(26-2)11-9-13)21-19(24)12-18-15-6-4-5-7-16(15)20(25)23-22-18/h4-11,17H,3,12H2,1-2H3,(H,21,24)(H,23,25). The van der Waals surface area contributed by atoms with E-state index in [0.717, 1.165) is 17.7 Å². The first-order valence-electron chi connectivity index (χ1n) is 8.52. The highest BCUT2D eigenvalue weighted by Gasteiger charge is 2.15. The number of nitrogens with zero attached hydrogens (tertiary/aromatic N) is 1. The van der Waals surface area contributed by atoms with Gasteiger partial charge in [0.25, 0.3) is 5.56 Å². The van der Waals surface area contributed by atoms with Crippen LogP contribution in [0.25, 0.3) is 10.8 Å². The Hall–Kier alpha value is -3.15. The molecule has 26 heavy (non-hydrogen) atoms. The fourth-order valence-corrected chi connectivity index (χ4v) is 2.96. The number of hydrogen-bond donors (Lipinski definition) is 2. The Morgan fingerprint density at radius 3 is 2.50 bits per heavy atom. The third-order valence-corrected chi connectivity index (χ3v) is 4.36. The zero-order valence-corrected chi connectivity index (χ0v) is 14.8. The maximum Gasteiger partial charge on any atom is 0.272 e. The predicted octanol–water partition coefficient (Wildman–Crippen LogP) is 2.74. The van der Waals surface area contributed by atoms with Crippen molar-refractivity contribution in [2.75, 3.05) is 7.11 Å². The summed E-state index contributed by atoms with van der Waals surface area (Å²) >= 11 is 0. The highest BCUT2D eigenvalue weighted by atomic mass is 16.5. The quantitative estimate of drug-likeness (QED) is 0.715. The molecule has 1 atom stereocenters. The Labute approximate surface area is 151 Å². The summed E-state index contributed by atoms with van der Waals surface area (Å²) in [5.74, 6) is 0.635. The van der Waals surface area contributed by atoms with Gasteiger partial charge in [0, 0.05) is 5.39 Å². The van der Waals surface area contributed by atoms with Crippen molar-refractivity contribution >= 4 is 16.7 Å². The van der Waals surface area contributed by atoms with Gasteiger partial charge in [-0.2, -0.15) is 5.10 Å². The summed E-state index contributed by atoms with van der Waals surface area (Å²) in [5, 5.41) is 10.8. The third-order valence-electron chi connectivity index (χ3n) is 4.36. The lowest BCUT2D eigenvalue weighted by Crippen LogP contribution is -2.30. The van der Waals surface area contributed by atoms with Crippen molar-refractivity contribution in [3.05, 3.63) is 70.1 Å². The minimum Gasteiger partial charge on any atom is -0.497 e. The minimum atomic E-state index is -0.255. The van der Waals surface area contributed by atoms with Gasteiger partial charge in [-0.15, -0.1) is 0 Å². The van der Waals surface area contributed by atoms with Crippen LogP contribution < -0.4 is 15.6 Å². The summed E-state index contributed by atoms with van der Waals surface area (Å²) in [4.78, 5) is 24.4. The molecule has 6 heteroatoms. The molecule has 0 saturated heterocycles. The normalized spacial score (nSPS) is 11.9. The smallest absolute Gasteiger partial charge is 0.272 e. The monoisotopic (exact) mass is 351 g/mol. The summed E-state index contributed by atoms with van der Waals surface area (Å²) < 4.78 is 5.17. The molecule has 0 aliphatic rings. The van der Waals surface area contributed by atoms with Gasteiger partial charge in [0.05, 0.1) is 30.7 Å². The maximum absolute atomic E-state index is 12.5. The number of fused-ring (bicyclic) bond motifs is 1. The van der Waals surface area contributed by atoms with Crippen LogP contribution >= 0.6 is 0 Å². The van der Waals surface area contributed by atoms with Crippen LogP contribution in [0.3, 0.4) is 0 Å². The molecule has 6 nitrogen and oxygen atoms in total. The van der Waals surface area contributed by atoms with Crippen LogP contribution in [-0.2, 0) is 11.2 Å². The number of nitrogens with one attached hydrogen (secondary N) is 2. The molecule has 0 aliphatic heterocycles. The van der Waals surface area contributed by atoms with Crippen LogP contribution in [0.5, 0.6) is 5.75 Å². The summed E-state index contributed by atoms with van der Waals surface area (Å²) in [6.45, 7) is 2.02. The van der Waals surface area contributed by atoms with Crippen molar-refractivity contribution in [3.63, 3.8) is 0 Å². The van der Waals surface area contributed by atoms with E-state index in [1.54, 1.807) is 25.3 Å². The molecule has 0 bridgehead atoms. The lowest BCUT2D eigenvalue weighted by molar-refractivity contribution is -0.121. The predicted molar refractivity (Wildman–Crippen MR) is 100 cm³/mol. The summed E-state index contributed by atoms with van der Waals surface area (Å²) in [6.07, 6.45) is 0.863. The number of ether oxygens (including phenoxy) is 1. The van der Waals surface area contributed by atoms with Gasteiger partial charge in [-0.1, -0.05) is 37.3 Å². The molecule has 2 N–H and O–H groups in total. The molecule has 1 heterocycles. The molecule has 1 unspecified atom stereocenters. The van der Waals surface area contributed by atoms with E-state index < -0.39 is 0 Å². The van der Waals surface area contributed by atoms with Crippen molar-refractivity contribution in [3.8, 4) is 5.75 Å². The van der Waals surface area contributed by atoms with Crippen LogP contribution in [0.1, 0.15) is 30.6 Å². The zero-order chi connectivity index (χ0) is 18.5. The number of hydrogen-bond acceptors (Lipinski definition) is 4. The number of H-pyrrole nitrogens is 1. The number of rotatable bonds is 6. The Kier molecular flexibility index (Phi) is 5.31. The molecule has 1 amide bonds. The van der Waals surface area contributed by atoms with Crippen molar-refractivity contribution in [2.24, 2.45) is 0 Å². The molecule has 3 aromatic rings. The number of benzene rings is 2. The molecule has 0 saturated carbocycles. The van der Waals surface area contributed by atoms with Gasteiger partial charge in [-0.05, 0) is 30.2 Å². The molecule has 0 fully saturated rings. The third kappa shape index (κ3) is 3.74. The summed E-state index contributed by atoms with van der Waals surface area (Å²) in [5.41, 5.74) is 1.32. The van der Waals surface area contributed by atoms with Crippen LogP contribution in [0, 0.1) is 0 Å². The van der Waals surface area contributed by atoms with E-state index in [1.807, 2.05) is 37.3 Å². The van der Waals surface area contributed by atoms with E-state index in [9.17, 15) is 9.59 Å². The first kappa shape index (κ1) is 17.7. The molecule has 3 rings (SSSR count). The van der Waals surface area contributed by atoms with Gasteiger partial charge < -0.3 is 10.1 Å². The van der Waals surface area contributed by atoms with E-state index >= 15 is 0 Å². The van der Waals surface area contributed by atoms with Gasteiger partial charge >= 0.3 is 0 Å². The molecule has 1 aromatic heterocycles.